The molecule has 0 N–H and O–H groups in total. The van der Waals surface area contributed by atoms with E-state index >= 15 is 0 Å². The summed E-state index contributed by atoms with van der Waals surface area (Å²) in [7, 11) is 0. The summed E-state index contributed by atoms with van der Waals surface area (Å²) in [5, 5.41) is 17.7. The predicted molar refractivity (Wildman–Crippen MR) is 92.4 cm³/mol. The van der Waals surface area contributed by atoms with Crippen LogP contribution in [0.2, 0.25) is 0 Å². The molecule has 1 aromatic rings. The minimum absolute atomic E-state index is 0.00682. The second-order valence-corrected chi connectivity index (χ2v) is 6.46. The number of fused-ring (bicyclic) bond motifs is 1. The molecule has 0 aliphatic carbocycles. The average Bonchev–Trinajstić information content (AvgIpc) is 3.09. The second-order valence-electron chi connectivity index (χ2n) is 5.46. The van der Waals surface area contributed by atoms with Gasteiger partial charge < -0.3 is 14.5 Å². The molecule has 1 atom stereocenters. The van der Waals surface area contributed by atoms with Crippen LogP contribution in [0.15, 0.2) is 24.3 Å². The molecular formula is C17H16N4O2S. The molecular weight excluding hydrogens is 324 g/mol. The van der Waals surface area contributed by atoms with Crippen LogP contribution in [0.25, 0.3) is 6.08 Å². The molecule has 1 saturated heterocycles. The largest absolute Gasteiger partial charge is 0.479 e. The Labute approximate surface area is 144 Å². The first-order chi connectivity index (χ1) is 11.7. The van der Waals surface area contributed by atoms with Crippen molar-refractivity contribution in [1.29, 1.82) is 10.5 Å². The van der Waals surface area contributed by atoms with Gasteiger partial charge >= 0.3 is 0 Å². The van der Waals surface area contributed by atoms with Gasteiger partial charge in [0.1, 0.15) is 17.9 Å². The van der Waals surface area contributed by atoms with E-state index in [0.717, 1.165) is 11.3 Å². The first kappa shape index (κ1) is 16.2. The second kappa shape index (κ2) is 7.29. The normalized spacial score (nSPS) is 18.7. The summed E-state index contributed by atoms with van der Waals surface area (Å²) in [6.07, 6.45) is 3.98. The SMILES string of the molecule is N#CCOc1ccc2c(c1)C=CCN2CC(=O)N1CSC[C@H]1C#N. The Morgan fingerprint density at radius 1 is 1.42 bits per heavy atom. The van der Waals surface area contributed by atoms with Gasteiger partial charge in [0.05, 0.1) is 18.5 Å². The third-order valence-corrected chi connectivity index (χ3v) is 4.96. The fraction of sp³-hybridized carbons (Fsp3) is 0.353. The molecule has 0 spiro atoms. The summed E-state index contributed by atoms with van der Waals surface area (Å²) in [6.45, 7) is 0.900. The van der Waals surface area contributed by atoms with E-state index in [-0.39, 0.29) is 25.1 Å². The Hall–Kier alpha value is -2.64. The lowest BCUT2D eigenvalue weighted by molar-refractivity contribution is -0.129. The number of carbonyl (C=O) groups excluding carboxylic acids is 1. The first-order valence-corrected chi connectivity index (χ1v) is 8.70. The molecule has 0 saturated carbocycles. The molecule has 2 aliphatic heterocycles. The summed E-state index contributed by atoms with van der Waals surface area (Å²) in [5.41, 5.74) is 1.91. The number of anilines is 1. The summed E-state index contributed by atoms with van der Waals surface area (Å²) >= 11 is 1.61. The van der Waals surface area contributed by atoms with Crippen molar-refractivity contribution in [2.75, 3.05) is 36.2 Å². The molecule has 7 heteroatoms. The van der Waals surface area contributed by atoms with E-state index in [1.165, 1.54) is 0 Å². The Balaban J connectivity index is 1.73. The van der Waals surface area contributed by atoms with Crippen LogP contribution in [-0.4, -0.2) is 48.2 Å². The Morgan fingerprint density at radius 3 is 3.08 bits per heavy atom. The molecule has 3 rings (SSSR count). The number of nitrogens with zero attached hydrogens (tertiary/aromatic N) is 4. The van der Waals surface area contributed by atoms with E-state index in [1.807, 2.05) is 35.3 Å². The summed E-state index contributed by atoms with van der Waals surface area (Å²) in [4.78, 5) is 16.2. The maximum absolute atomic E-state index is 12.5. The zero-order chi connectivity index (χ0) is 16.9. The van der Waals surface area contributed by atoms with Crippen molar-refractivity contribution in [3.05, 3.63) is 29.8 Å². The third kappa shape index (κ3) is 3.32. The molecule has 0 aromatic heterocycles. The molecule has 1 fully saturated rings. The molecule has 1 aromatic carbocycles. The molecule has 0 bridgehead atoms. The highest BCUT2D eigenvalue weighted by atomic mass is 32.2. The van der Waals surface area contributed by atoms with Crippen LogP contribution in [0.5, 0.6) is 5.75 Å². The standard InChI is InChI=1S/C17H16N4O2S/c18-5-7-23-15-3-4-16-13(8-15)2-1-6-20(16)10-17(22)21-12-24-11-14(21)9-19/h1-4,8,14H,6-7,10-12H2/t14-/m1/s1. The lowest BCUT2D eigenvalue weighted by Crippen LogP contribution is -2.43. The van der Waals surface area contributed by atoms with Crippen LogP contribution in [0.1, 0.15) is 5.56 Å². The minimum atomic E-state index is -0.330. The van der Waals surface area contributed by atoms with Crippen LogP contribution in [0, 0.1) is 22.7 Å². The lowest BCUT2D eigenvalue weighted by atomic mass is 10.1. The van der Waals surface area contributed by atoms with Gasteiger partial charge in [-0.2, -0.15) is 10.5 Å². The molecule has 122 valence electrons. The van der Waals surface area contributed by atoms with Crippen molar-refractivity contribution in [3.8, 4) is 17.9 Å². The number of ether oxygens (including phenoxy) is 1. The fourth-order valence-electron chi connectivity index (χ4n) is 2.76. The maximum Gasteiger partial charge on any atom is 0.243 e. The van der Waals surface area contributed by atoms with Gasteiger partial charge in [0.25, 0.3) is 0 Å². The van der Waals surface area contributed by atoms with Crippen molar-refractivity contribution < 1.29 is 9.53 Å². The van der Waals surface area contributed by atoms with Crippen LogP contribution in [0.4, 0.5) is 5.69 Å². The predicted octanol–water partition coefficient (Wildman–Crippen LogP) is 1.85. The van der Waals surface area contributed by atoms with E-state index in [9.17, 15) is 4.79 Å². The summed E-state index contributed by atoms with van der Waals surface area (Å²) in [5.74, 6) is 1.86. The highest BCUT2D eigenvalue weighted by Crippen LogP contribution is 2.30. The average molecular weight is 340 g/mol. The molecule has 6 nitrogen and oxygen atoms in total. The monoisotopic (exact) mass is 340 g/mol. The number of thioether (sulfide) groups is 1. The number of rotatable bonds is 4. The highest BCUT2D eigenvalue weighted by Gasteiger charge is 2.30. The summed E-state index contributed by atoms with van der Waals surface area (Å²) in [6, 6.07) is 9.37. The molecule has 2 aliphatic rings. The molecule has 1 amide bonds. The van der Waals surface area contributed by atoms with E-state index in [4.69, 9.17) is 15.3 Å². The van der Waals surface area contributed by atoms with Gasteiger partial charge in [-0.25, -0.2) is 0 Å². The molecule has 2 heterocycles. The van der Waals surface area contributed by atoms with E-state index in [2.05, 4.69) is 6.07 Å². The smallest absolute Gasteiger partial charge is 0.243 e. The van der Waals surface area contributed by atoms with Gasteiger partial charge in [-0.3, -0.25) is 4.79 Å². The van der Waals surface area contributed by atoms with Gasteiger partial charge in [0.15, 0.2) is 6.61 Å². The zero-order valence-electron chi connectivity index (χ0n) is 13.0. The van der Waals surface area contributed by atoms with Crippen LogP contribution < -0.4 is 9.64 Å². The maximum atomic E-state index is 12.5. The van der Waals surface area contributed by atoms with Crippen molar-refractivity contribution in [3.63, 3.8) is 0 Å². The number of hydrogen-bond donors (Lipinski definition) is 0. The Bertz CT molecular complexity index is 750. The minimum Gasteiger partial charge on any atom is -0.479 e. The van der Waals surface area contributed by atoms with E-state index < -0.39 is 0 Å². The van der Waals surface area contributed by atoms with Gasteiger partial charge in [0.2, 0.25) is 5.91 Å². The van der Waals surface area contributed by atoms with Crippen molar-refractivity contribution >= 4 is 29.4 Å². The van der Waals surface area contributed by atoms with Gasteiger partial charge in [-0.1, -0.05) is 12.2 Å². The Morgan fingerprint density at radius 2 is 2.29 bits per heavy atom. The van der Waals surface area contributed by atoms with Gasteiger partial charge in [-0.05, 0) is 18.2 Å². The molecule has 24 heavy (non-hydrogen) atoms. The number of benzene rings is 1. The summed E-state index contributed by atoms with van der Waals surface area (Å²) < 4.78 is 5.32. The van der Waals surface area contributed by atoms with Crippen LogP contribution in [-0.2, 0) is 4.79 Å². The Kier molecular flexibility index (Phi) is 4.93. The number of hydrogen-bond acceptors (Lipinski definition) is 6. The third-order valence-electron chi connectivity index (χ3n) is 3.94. The van der Waals surface area contributed by atoms with Crippen molar-refractivity contribution in [1.82, 2.24) is 4.90 Å². The topological polar surface area (TPSA) is 80.4 Å². The van der Waals surface area contributed by atoms with Gasteiger partial charge in [-0.15, -0.1) is 11.8 Å². The number of nitriles is 2. The molecule has 0 unspecified atom stereocenters. The number of amides is 1. The van der Waals surface area contributed by atoms with Crippen LogP contribution >= 0.6 is 11.8 Å². The lowest BCUT2D eigenvalue weighted by Gasteiger charge is -2.30. The first-order valence-electron chi connectivity index (χ1n) is 7.55. The van der Waals surface area contributed by atoms with E-state index in [0.29, 0.717) is 23.9 Å². The quantitative estimate of drug-likeness (QED) is 0.832. The fourth-order valence-corrected chi connectivity index (χ4v) is 3.87. The highest BCUT2D eigenvalue weighted by molar-refractivity contribution is 7.99. The number of carbonyl (C=O) groups is 1. The van der Waals surface area contributed by atoms with E-state index in [1.54, 1.807) is 22.7 Å². The van der Waals surface area contributed by atoms with Crippen LogP contribution in [0.3, 0.4) is 0 Å². The molecule has 0 radical (unpaired) electrons. The van der Waals surface area contributed by atoms with Crippen molar-refractivity contribution in [2.24, 2.45) is 0 Å². The van der Waals surface area contributed by atoms with Crippen molar-refractivity contribution in [2.45, 2.75) is 6.04 Å². The van der Waals surface area contributed by atoms with Gasteiger partial charge in [0, 0.05) is 23.5 Å². The zero-order valence-corrected chi connectivity index (χ0v) is 13.8.